The third-order valence-corrected chi connectivity index (χ3v) is 3.59. The van der Waals surface area contributed by atoms with Crippen molar-refractivity contribution in [3.63, 3.8) is 0 Å². The number of nitrogens with zero attached hydrogens (tertiary/aromatic N) is 3. The van der Waals surface area contributed by atoms with Crippen molar-refractivity contribution in [1.82, 2.24) is 14.8 Å². The van der Waals surface area contributed by atoms with Crippen LogP contribution >= 0.6 is 0 Å². The Morgan fingerprint density at radius 3 is 2.84 bits per heavy atom. The lowest BCUT2D eigenvalue weighted by atomic mass is 10.1. The maximum absolute atomic E-state index is 12.2. The predicted molar refractivity (Wildman–Crippen MR) is 95.6 cm³/mol. The van der Waals surface area contributed by atoms with Crippen LogP contribution in [0.4, 0.5) is 5.82 Å². The summed E-state index contributed by atoms with van der Waals surface area (Å²) in [6.07, 6.45) is 3.22. The summed E-state index contributed by atoms with van der Waals surface area (Å²) < 4.78 is 7.20. The predicted octanol–water partition coefficient (Wildman–Crippen LogP) is 2.96. The van der Waals surface area contributed by atoms with Gasteiger partial charge >= 0.3 is 0 Å². The van der Waals surface area contributed by atoms with Crippen molar-refractivity contribution in [2.24, 2.45) is 0 Å². The molecule has 0 bridgehead atoms. The number of aromatic nitrogens is 3. The molecule has 6 heteroatoms. The number of carbonyl (C=O) groups excluding carboxylic acids is 1. The molecule has 6 nitrogen and oxygen atoms in total. The zero-order valence-corrected chi connectivity index (χ0v) is 14.3. The fraction of sp³-hybridized carbons (Fsp3) is 0.211. The molecule has 1 amide bonds. The molecule has 0 aliphatic heterocycles. The number of hydrogen-bond donors (Lipinski definition) is 1. The largest absolute Gasteiger partial charge is 0.482 e. The molecule has 0 saturated heterocycles. The first-order valence-electron chi connectivity index (χ1n) is 8.03. The fourth-order valence-corrected chi connectivity index (χ4v) is 2.51. The number of ether oxygens (including phenoxy) is 1. The molecule has 0 spiro atoms. The second-order valence-corrected chi connectivity index (χ2v) is 5.84. The molecular formula is C19H20N4O2. The van der Waals surface area contributed by atoms with Gasteiger partial charge in [-0.25, -0.2) is 4.68 Å². The van der Waals surface area contributed by atoms with Crippen LogP contribution < -0.4 is 10.1 Å². The number of anilines is 1. The van der Waals surface area contributed by atoms with Gasteiger partial charge in [-0.15, -0.1) is 0 Å². The van der Waals surface area contributed by atoms with Crippen LogP contribution in [0.1, 0.15) is 16.8 Å². The third kappa shape index (κ3) is 4.67. The van der Waals surface area contributed by atoms with Crippen LogP contribution in [0.2, 0.25) is 0 Å². The van der Waals surface area contributed by atoms with E-state index in [-0.39, 0.29) is 12.5 Å². The van der Waals surface area contributed by atoms with E-state index >= 15 is 0 Å². The summed E-state index contributed by atoms with van der Waals surface area (Å²) in [5.74, 6) is 0.968. The highest BCUT2D eigenvalue weighted by Crippen LogP contribution is 2.14. The summed E-state index contributed by atoms with van der Waals surface area (Å²) in [4.78, 5) is 16.1. The smallest absolute Gasteiger partial charge is 0.263 e. The van der Waals surface area contributed by atoms with Gasteiger partial charge in [-0.2, -0.15) is 5.10 Å². The van der Waals surface area contributed by atoms with E-state index < -0.39 is 0 Å². The highest BCUT2D eigenvalue weighted by Gasteiger charge is 2.10. The van der Waals surface area contributed by atoms with Gasteiger partial charge in [-0.1, -0.05) is 29.8 Å². The van der Waals surface area contributed by atoms with Gasteiger partial charge in [0.05, 0.1) is 18.4 Å². The first kappa shape index (κ1) is 16.7. The molecule has 0 radical (unpaired) electrons. The van der Waals surface area contributed by atoms with Crippen molar-refractivity contribution in [2.45, 2.75) is 20.4 Å². The Morgan fingerprint density at radius 1 is 1.20 bits per heavy atom. The lowest BCUT2D eigenvalue weighted by molar-refractivity contribution is -0.118. The molecular weight excluding hydrogens is 316 g/mol. The Kier molecular flexibility index (Phi) is 5.09. The molecule has 2 heterocycles. The number of amides is 1. The maximum Gasteiger partial charge on any atom is 0.263 e. The SMILES string of the molecule is Cc1cccc(Cn2nc(C)cc2NC(=O)COc2cccnc2)c1. The minimum Gasteiger partial charge on any atom is -0.482 e. The number of nitrogens with one attached hydrogen (secondary N) is 1. The summed E-state index contributed by atoms with van der Waals surface area (Å²) in [5, 5.41) is 7.31. The average molecular weight is 336 g/mol. The van der Waals surface area contributed by atoms with Crippen molar-refractivity contribution in [3.8, 4) is 5.75 Å². The Morgan fingerprint density at radius 2 is 2.08 bits per heavy atom. The number of carbonyl (C=O) groups is 1. The van der Waals surface area contributed by atoms with Crippen molar-refractivity contribution in [3.05, 3.63) is 71.7 Å². The van der Waals surface area contributed by atoms with Gasteiger partial charge in [0.2, 0.25) is 0 Å². The van der Waals surface area contributed by atoms with Gasteiger partial charge in [-0.3, -0.25) is 9.78 Å². The molecule has 0 atom stereocenters. The Hall–Kier alpha value is -3.15. The molecule has 2 aromatic heterocycles. The van der Waals surface area contributed by atoms with E-state index in [0.717, 1.165) is 11.3 Å². The molecule has 3 rings (SSSR count). The summed E-state index contributed by atoms with van der Waals surface area (Å²) in [6, 6.07) is 13.6. The number of rotatable bonds is 6. The molecule has 128 valence electrons. The van der Waals surface area contributed by atoms with Gasteiger partial charge in [0.1, 0.15) is 11.6 Å². The maximum atomic E-state index is 12.2. The Labute approximate surface area is 146 Å². The first-order valence-corrected chi connectivity index (χ1v) is 8.03. The van der Waals surface area contributed by atoms with Gasteiger partial charge in [0.15, 0.2) is 6.61 Å². The summed E-state index contributed by atoms with van der Waals surface area (Å²) in [6.45, 7) is 4.46. The van der Waals surface area contributed by atoms with Gasteiger partial charge in [0, 0.05) is 12.3 Å². The van der Waals surface area contributed by atoms with Gasteiger partial charge in [0.25, 0.3) is 5.91 Å². The molecule has 0 aliphatic carbocycles. The van der Waals surface area contributed by atoms with Crippen molar-refractivity contribution < 1.29 is 9.53 Å². The van der Waals surface area contributed by atoms with Crippen molar-refractivity contribution in [1.29, 1.82) is 0 Å². The number of hydrogen-bond acceptors (Lipinski definition) is 4. The zero-order chi connectivity index (χ0) is 17.6. The molecule has 1 N–H and O–H groups in total. The van der Waals surface area contributed by atoms with E-state index in [2.05, 4.69) is 34.5 Å². The number of aryl methyl sites for hydroxylation is 2. The molecule has 0 saturated carbocycles. The van der Waals surface area contributed by atoms with E-state index in [1.165, 1.54) is 5.56 Å². The van der Waals surface area contributed by atoms with Gasteiger partial charge < -0.3 is 10.1 Å². The highest BCUT2D eigenvalue weighted by molar-refractivity contribution is 5.91. The summed E-state index contributed by atoms with van der Waals surface area (Å²) in [7, 11) is 0. The fourth-order valence-electron chi connectivity index (χ4n) is 2.51. The lowest BCUT2D eigenvalue weighted by Gasteiger charge is -2.10. The molecule has 0 unspecified atom stereocenters. The van der Waals surface area contributed by atoms with Crippen LogP contribution in [0.3, 0.4) is 0 Å². The highest BCUT2D eigenvalue weighted by atomic mass is 16.5. The molecule has 25 heavy (non-hydrogen) atoms. The monoisotopic (exact) mass is 336 g/mol. The molecule has 0 aliphatic rings. The van der Waals surface area contributed by atoms with Crippen LogP contribution in [-0.2, 0) is 11.3 Å². The van der Waals surface area contributed by atoms with Crippen molar-refractivity contribution in [2.75, 3.05) is 11.9 Å². The van der Waals surface area contributed by atoms with E-state index in [1.807, 2.05) is 25.1 Å². The van der Waals surface area contributed by atoms with Crippen LogP contribution in [0.15, 0.2) is 54.9 Å². The minimum absolute atomic E-state index is 0.0830. The lowest BCUT2D eigenvalue weighted by Crippen LogP contribution is -2.22. The summed E-state index contributed by atoms with van der Waals surface area (Å²) >= 11 is 0. The first-order chi connectivity index (χ1) is 12.1. The van der Waals surface area contributed by atoms with Crippen LogP contribution in [0.5, 0.6) is 5.75 Å². The summed E-state index contributed by atoms with van der Waals surface area (Å²) in [5.41, 5.74) is 3.16. The molecule has 3 aromatic rings. The number of pyridine rings is 1. The van der Waals surface area contributed by atoms with E-state index in [1.54, 1.807) is 29.2 Å². The molecule has 1 aromatic carbocycles. The topological polar surface area (TPSA) is 69.0 Å². The average Bonchev–Trinajstić information content (AvgIpc) is 2.93. The number of benzene rings is 1. The third-order valence-electron chi connectivity index (χ3n) is 3.59. The molecule has 0 fully saturated rings. The van der Waals surface area contributed by atoms with E-state index in [9.17, 15) is 4.79 Å². The Bertz CT molecular complexity index is 859. The zero-order valence-electron chi connectivity index (χ0n) is 14.3. The van der Waals surface area contributed by atoms with Crippen LogP contribution in [-0.4, -0.2) is 27.3 Å². The quantitative estimate of drug-likeness (QED) is 0.751. The second-order valence-electron chi connectivity index (χ2n) is 5.84. The normalized spacial score (nSPS) is 10.5. The van der Waals surface area contributed by atoms with Crippen molar-refractivity contribution >= 4 is 11.7 Å². The van der Waals surface area contributed by atoms with Crippen LogP contribution in [0, 0.1) is 13.8 Å². The van der Waals surface area contributed by atoms with Gasteiger partial charge in [-0.05, 0) is 31.5 Å². The van der Waals surface area contributed by atoms with Crippen LogP contribution in [0.25, 0.3) is 0 Å². The van der Waals surface area contributed by atoms with E-state index in [0.29, 0.717) is 18.1 Å². The minimum atomic E-state index is -0.241. The Balaban J connectivity index is 1.65. The standard InChI is InChI=1S/C19H20N4O2/c1-14-5-3-6-16(9-14)12-23-18(10-15(2)22-23)21-19(24)13-25-17-7-4-8-20-11-17/h3-11H,12-13H2,1-2H3,(H,21,24). The van der Waals surface area contributed by atoms with E-state index in [4.69, 9.17) is 4.74 Å². The second kappa shape index (κ2) is 7.61.